The van der Waals surface area contributed by atoms with Gasteiger partial charge in [-0.1, -0.05) is 0 Å². The van der Waals surface area contributed by atoms with Gasteiger partial charge in [0.05, 0.1) is 19.3 Å². The molecule has 1 aromatic heterocycles. The predicted octanol–water partition coefficient (Wildman–Crippen LogP) is -3.63. The Hall–Kier alpha value is -3.51. The lowest BCUT2D eigenvalue weighted by atomic mass is 9.98. The third-order valence-electron chi connectivity index (χ3n) is 9.18. The molecule has 0 aliphatic carbocycles. The molecule has 15 atom stereocenters. The van der Waals surface area contributed by atoms with E-state index in [1.807, 2.05) is 0 Å². The van der Waals surface area contributed by atoms with Gasteiger partial charge < -0.3 is 89.0 Å². The topological polar surface area (TPSA) is 308 Å². The molecule has 0 spiro atoms. The molecule has 3 aromatic rings. The first-order valence-electron chi connectivity index (χ1n) is 16.2. The van der Waals surface area contributed by atoms with E-state index < -0.39 is 117 Å². The summed E-state index contributed by atoms with van der Waals surface area (Å²) in [5.41, 5.74) is -0.422. The highest BCUT2D eigenvalue weighted by Crippen LogP contribution is 2.34. The summed E-state index contributed by atoms with van der Waals surface area (Å²) >= 11 is 0. The van der Waals surface area contributed by atoms with Crippen LogP contribution < -0.4 is 14.9 Å². The number of hydrogen-bond donors (Lipinski definition) is 11. The van der Waals surface area contributed by atoms with Gasteiger partial charge in [0.2, 0.25) is 12.6 Å². The van der Waals surface area contributed by atoms with E-state index in [2.05, 4.69) is 0 Å². The fraction of sp³-hybridized carbons (Fsp3) is 0.545. The molecule has 0 bridgehead atoms. The zero-order chi connectivity index (χ0) is 37.6. The third kappa shape index (κ3) is 7.47. The van der Waals surface area contributed by atoms with Crippen LogP contribution in [-0.4, -0.2) is 162 Å². The monoisotopic (exact) mass is 740 g/mol. The van der Waals surface area contributed by atoms with Gasteiger partial charge in [-0.25, -0.2) is 0 Å². The SMILES string of the molecule is C[C@H]1O[C@@H](OC[C@H]2O[C@@H](Oc3cc(O)c4c(=O)cc(-c5ccc(O[C@@H]6O[C@@H](CO)[C@@H](O)[C@H](O)[C@H]6O)cc5)oc4c3)[C@H](O)[C@@H](O)[C@@H]2O)[C@H](O)[C@@H](O)[C@H]1O. The highest BCUT2D eigenvalue weighted by Gasteiger charge is 2.48. The molecule has 0 amide bonds. The molecule has 2 aromatic carbocycles. The van der Waals surface area contributed by atoms with Gasteiger partial charge in [-0.15, -0.1) is 0 Å². The highest BCUT2D eigenvalue weighted by molar-refractivity contribution is 5.86. The normalized spacial score (nSPS) is 38.2. The molecule has 19 nitrogen and oxygen atoms in total. The maximum Gasteiger partial charge on any atom is 0.229 e. The average molecular weight is 741 g/mol. The van der Waals surface area contributed by atoms with Gasteiger partial charge in [0.25, 0.3) is 0 Å². The molecule has 3 aliphatic heterocycles. The van der Waals surface area contributed by atoms with Crippen molar-refractivity contribution in [2.45, 2.75) is 99.0 Å². The molecule has 19 heteroatoms. The third-order valence-corrected chi connectivity index (χ3v) is 9.18. The van der Waals surface area contributed by atoms with Crippen molar-refractivity contribution < 1.29 is 89.0 Å². The summed E-state index contributed by atoms with van der Waals surface area (Å²) in [5, 5.41) is 112. The second-order valence-corrected chi connectivity index (χ2v) is 12.8. The van der Waals surface area contributed by atoms with Crippen LogP contribution in [0.2, 0.25) is 0 Å². The summed E-state index contributed by atoms with van der Waals surface area (Å²) in [6.07, 6.45) is -22.8. The average Bonchev–Trinajstić information content (AvgIpc) is 3.12. The van der Waals surface area contributed by atoms with Gasteiger partial charge in [0, 0.05) is 23.8 Å². The first kappa shape index (κ1) is 38.2. The maximum atomic E-state index is 13.0. The van der Waals surface area contributed by atoms with E-state index in [9.17, 15) is 61.0 Å². The highest BCUT2D eigenvalue weighted by atomic mass is 16.7. The van der Waals surface area contributed by atoms with Gasteiger partial charge in [-0.2, -0.15) is 0 Å². The molecule has 0 unspecified atom stereocenters. The number of aliphatic hydroxyl groups is 10. The van der Waals surface area contributed by atoms with Crippen LogP contribution in [0.4, 0.5) is 0 Å². The molecule has 0 saturated carbocycles. The van der Waals surface area contributed by atoms with Crippen molar-refractivity contribution in [3.05, 3.63) is 52.7 Å². The number of ether oxygens (including phenoxy) is 6. The largest absolute Gasteiger partial charge is 0.507 e. The standard InChI is InChI=1S/C33H40O19/c1-11-22(37)25(40)28(43)31(47-11)46-10-20-24(39)27(42)30(45)33(52-20)49-14-6-15(35)21-16(36)8-17(50-18(21)7-14)12-2-4-13(5-3-12)48-32-29(44)26(41)23(38)19(9-34)51-32/h2-8,11,19-20,22-35,37-45H,9-10H2,1H3/t11-,19+,20-,22+,23-,24-,25+,26+,27+,28-,29-,30-,31-,32-,33-/m1/s1. The Kier molecular flexibility index (Phi) is 11.4. The molecular formula is C33H40O19. The molecule has 4 heterocycles. The molecule has 286 valence electrons. The number of phenolic OH excluding ortho intramolecular Hbond substituents is 1. The molecule has 3 saturated heterocycles. The minimum atomic E-state index is -1.82. The van der Waals surface area contributed by atoms with Crippen molar-refractivity contribution in [1.29, 1.82) is 0 Å². The fourth-order valence-electron chi connectivity index (χ4n) is 6.08. The number of aromatic hydroxyl groups is 1. The number of fused-ring (bicyclic) bond motifs is 1. The molecule has 6 rings (SSSR count). The van der Waals surface area contributed by atoms with E-state index in [1.165, 1.54) is 37.3 Å². The van der Waals surface area contributed by atoms with Crippen molar-refractivity contribution in [2.75, 3.05) is 13.2 Å². The lowest BCUT2D eigenvalue weighted by molar-refractivity contribution is -0.318. The summed E-state index contributed by atoms with van der Waals surface area (Å²) < 4.78 is 39.0. The zero-order valence-electron chi connectivity index (χ0n) is 27.3. The van der Waals surface area contributed by atoms with Crippen LogP contribution in [0.1, 0.15) is 6.92 Å². The lowest BCUT2D eigenvalue weighted by Crippen LogP contribution is -2.61. The number of benzene rings is 2. The van der Waals surface area contributed by atoms with Crippen LogP contribution in [0.25, 0.3) is 22.3 Å². The smallest absolute Gasteiger partial charge is 0.229 e. The van der Waals surface area contributed by atoms with E-state index in [1.54, 1.807) is 0 Å². The number of rotatable bonds is 9. The van der Waals surface area contributed by atoms with E-state index in [0.29, 0.717) is 5.56 Å². The van der Waals surface area contributed by atoms with Crippen molar-refractivity contribution in [1.82, 2.24) is 0 Å². The van der Waals surface area contributed by atoms with Crippen LogP contribution in [-0.2, 0) is 18.9 Å². The van der Waals surface area contributed by atoms with Crippen molar-refractivity contribution >= 4 is 11.0 Å². The van der Waals surface area contributed by atoms with Crippen LogP contribution in [0.15, 0.2) is 51.7 Å². The van der Waals surface area contributed by atoms with Crippen LogP contribution in [0.3, 0.4) is 0 Å². The summed E-state index contributed by atoms with van der Waals surface area (Å²) in [6.45, 7) is 0.274. The van der Waals surface area contributed by atoms with Crippen LogP contribution in [0.5, 0.6) is 17.2 Å². The first-order chi connectivity index (χ1) is 24.7. The van der Waals surface area contributed by atoms with Crippen molar-refractivity contribution in [3.63, 3.8) is 0 Å². The summed E-state index contributed by atoms with van der Waals surface area (Å²) in [4.78, 5) is 13.0. The van der Waals surface area contributed by atoms with Crippen LogP contribution in [0, 0.1) is 0 Å². The van der Waals surface area contributed by atoms with Crippen LogP contribution >= 0.6 is 0 Å². The van der Waals surface area contributed by atoms with Gasteiger partial charge in [0.1, 0.15) is 101 Å². The van der Waals surface area contributed by atoms with Gasteiger partial charge >= 0.3 is 0 Å². The molecule has 3 fully saturated rings. The second-order valence-electron chi connectivity index (χ2n) is 12.8. The molecule has 3 aliphatic rings. The Morgan fingerprint density at radius 1 is 0.635 bits per heavy atom. The van der Waals surface area contributed by atoms with E-state index >= 15 is 0 Å². The summed E-state index contributed by atoms with van der Waals surface area (Å²) in [7, 11) is 0. The molecule has 52 heavy (non-hydrogen) atoms. The Morgan fingerprint density at radius 3 is 1.83 bits per heavy atom. The van der Waals surface area contributed by atoms with Crippen molar-refractivity contribution in [2.24, 2.45) is 0 Å². The van der Waals surface area contributed by atoms with Gasteiger partial charge in [-0.05, 0) is 31.2 Å². The van der Waals surface area contributed by atoms with E-state index in [0.717, 1.165) is 12.1 Å². The fourth-order valence-corrected chi connectivity index (χ4v) is 6.08. The van der Waals surface area contributed by atoms with E-state index in [-0.39, 0.29) is 28.2 Å². The van der Waals surface area contributed by atoms with E-state index in [4.69, 9.17) is 32.8 Å². The Bertz CT molecular complexity index is 1730. The molecule has 0 radical (unpaired) electrons. The van der Waals surface area contributed by atoms with Gasteiger partial charge in [0.15, 0.2) is 11.7 Å². The minimum Gasteiger partial charge on any atom is -0.507 e. The Labute approximate surface area is 293 Å². The molecule has 11 N–H and O–H groups in total. The minimum absolute atomic E-state index is 0.0391. The zero-order valence-corrected chi connectivity index (χ0v) is 27.3. The predicted molar refractivity (Wildman–Crippen MR) is 170 cm³/mol. The Morgan fingerprint density at radius 2 is 1.19 bits per heavy atom. The quantitative estimate of drug-likeness (QED) is 0.101. The first-order valence-corrected chi connectivity index (χ1v) is 16.2. The maximum absolute atomic E-state index is 13.0. The number of phenols is 1. The number of hydrogen-bond acceptors (Lipinski definition) is 19. The van der Waals surface area contributed by atoms with Gasteiger partial charge in [-0.3, -0.25) is 4.79 Å². The Balaban J connectivity index is 1.17. The lowest BCUT2D eigenvalue weighted by Gasteiger charge is -2.42. The summed E-state index contributed by atoms with van der Waals surface area (Å²) in [6, 6.07) is 9.25. The van der Waals surface area contributed by atoms with Crippen molar-refractivity contribution in [3.8, 4) is 28.6 Å². The second kappa shape index (κ2) is 15.5. The number of aliphatic hydroxyl groups excluding tert-OH is 10. The molecular weight excluding hydrogens is 700 g/mol. The summed E-state index contributed by atoms with van der Waals surface area (Å²) in [5.74, 6) is -0.546.